The van der Waals surface area contributed by atoms with Crippen LogP contribution in [0.4, 0.5) is 0 Å². The first kappa shape index (κ1) is 42.0. The average Bonchev–Trinajstić information content (AvgIpc) is 3.53. The number of fused-ring (bicyclic) bond motifs is 1. The second kappa shape index (κ2) is 17.0. The van der Waals surface area contributed by atoms with Gasteiger partial charge in [-0.15, -0.1) is 34.5 Å². The van der Waals surface area contributed by atoms with Gasteiger partial charge in [0.2, 0.25) is 0 Å². The molecule has 2 heteroatoms. The monoisotopic (exact) mass is 753 g/mol. The van der Waals surface area contributed by atoms with Crippen molar-refractivity contribution in [3.05, 3.63) is 81.1 Å². The number of benzene rings is 2. The van der Waals surface area contributed by atoms with Crippen LogP contribution in [0.2, 0.25) is 12.1 Å². The van der Waals surface area contributed by atoms with Crippen LogP contribution in [0.15, 0.2) is 64.4 Å². The Morgan fingerprint density at radius 1 is 0.735 bits per heavy atom. The number of allylic oxidation sites excluding steroid dienone is 4. The minimum atomic E-state index is -2.23. The smallest absolute Gasteiger partial charge is 0.114 e. The van der Waals surface area contributed by atoms with Gasteiger partial charge in [0.05, 0.1) is 0 Å². The van der Waals surface area contributed by atoms with Crippen molar-refractivity contribution < 1.29 is 26.2 Å². The third-order valence-electron chi connectivity index (χ3n) is 12.0. The van der Waals surface area contributed by atoms with Gasteiger partial charge in [-0.25, -0.2) is 0 Å². The molecule has 0 aliphatic heterocycles. The zero-order valence-corrected chi connectivity index (χ0v) is 37.7. The molecule has 0 spiro atoms. The van der Waals surface area contributed by atoms with Crippen LogP contribution < -0.4 is 5.19 Å². The summed E-state index contributed by atoms with van der Waals surface area (Å²) >= 11 is 0. The molecular formula is C47H71SiZr-. The van der Waals surface area contributed by atoms with Crippen molar-refractivity contribution in [1.82, 2.24) is 0 Å². The van der Waals surface area contributed by atoms with Crippen LogP contribution in [0.1, 0.15) is 171 Å². The molecule has 49 heavy (non-hydrogen) atoms. The van der Waals surface area contributed by atoms with Crippen LogP contribution in [0, 0.1) is 5.92 Å². The quantitative estimate of drug-likeness (QED) is 0.0873. The van der Waals surface area contributed by atoms with E-state index in [-0.39, 0.29) is 37.0 Å². The van der Waals surface area contributed by atoms with E-state index in [2.05, 4.69) is 139 Å². The van der Waals surface area contributed by atoms with Crippen molar-refractivity contribution in [1.29, 1.82) is 0 Å². The molecule has 268 valence electrons. The fourth-order valence-electron chi connectivity index (χ4n) is 9.46. The number of rotatable bonds is 14. The summed E-state index contributed by atoms with van der Waals surface area (Å²) in [6.45, 7) is 34.6. The van der Waals surface area contributed by atoms with Gasteiger partial charge in [0.1, 0.15) is 8.07 Å². The second-order valence-corrected chi connectivity index (χ2v) is 22.2. The van der Waals surface area contributed by atoms with Gasteiger partial charge in [-0.2, -0.15) is 0 Å². The van der Waals surface area contributed by atoms with Gasteiger partial charge in [-0.3, -0.25) is 0 Å². The van der Waals surface area contributed by atoms with Crippen LogP contribution in [0.5, 0.6) is 0 Å². The Bertz CT molecular complexity index is 1580. The Labute approximate surface area is 323 Å². The van der Waals surface area contributed by atoms with Gasteiger partial charge < -0.3 is 0 Å². The summed E-state index contributed by atoms with van der Waals surface area (Å²) in [6, 6.07) is 19.6. The summed E-state index contributed by atoms with van der Waals surface area (Å²) in [7, 11) is -2.23. The summed E-state index contributed by atoms with van der Waals surface area (Å²) in [5.74, 6) is 0.984. The standard InChI is InChI=1S/C47H71Si.Zr/c1-15-17-19-23-27-48(28-24-20-18-16-2,45-35(7)33(5)34(6)36(45)8)41-31-40(39-29-37-25-21-22-26-38(37)30-39)43(46(9,10)11)42(32(3)4)44(41)47(12,13)14;/h21-22,25-26,29-32,35H,15-20,23-24,27-28H2,1-14H3;/q-1;. The summed E-state index contributed by atoms with van der Waals surface area (Å²) in [5.41, 5.74) is 12.8. The van der Waals surface area contributed by atoms with Crippen molar-refractivity contribution >= 4 is 24.0 Å². The summed E-state index contributed by atoms with van der Waals surface area (Å²) in [4.78, 5) is 0. The average molecular weight is 755 g/mol. The van der Waals surface area contributed by atoms with Crippen LogP contribution in [-0.4, -0.2) is 8.07 Å². The third kappa shape index (κ3) is 8.65. The Morgan fingerprint density at radius 2 is 1.29 bits per heavy atom. The molecule has 4 rings (SSSR count). The predicted molar refractivity (Wildman–Crippen MR) is 220 cm³/mol. The minimum absolute atomic E-state index is 0. The molecule has 0 aromatic heterocycles. The van der Waals surface area contributed by atoms with Crippen molar-refractivity contribution in [2.75, 3.05) is 0 Å². The number of hydrogen-bond donors (Lipinski definition) is 0. The second-order valence-electron chi connectivity index (χ2n) is 17.9. The van der Waals surface area contributed by atoms with Crippen LogP contribution in [0.25, 0.3) is 21.9 Å². The SMILES string of the molecule is CCCCCC[Si](CCCCCC)(C1=C(C)C(C)=C(C)C1C)c1cc(-c2cc3ccccc3[cH-]2)c(C(C)(C)C)c(C(C)C)c1C(C)(C)C.[Zr]. The molecule has 0 bridgehead atoms. The van der Waals surface area contributed by atoms with E-state index in [1.165, 1.54) is 85.4 Å². The van der Waals surface area contributed by atoms with Gasteiger partial charge >= 0.3 is 0 Å². The van der Waals surface area contributed by atoms with Crippen molar-refractivity contribution in [3.63, 3.8) is 0 Å². The molecule has 0 fully saturated rings. The first-order valence-electron chi connectivity index (χ1n) is 19.8. The van der Waals surface area contributed by atoms with Crippen LogP contribution >= 0.6 is 0 Å². The van der Waals surface area contributed by atoms with Gasteiger partial charge in [0, 0.05) is 26.2 Å². The van der Waals surface area contributed by atoms with Crippen molar-refractivity contribution in [2.45, 2.75) is 177 Å². The van der Waals surface area contributed by atoms with Gasteiger partial charge in [0.15, 0.2) is 0 Å². The van der Waals surface area contributed by atoms with E-state index in [0.29, 0.717) is 11.8 Å². The van der Waals surface area contributed by atoms with E-state index >= 15 is 0 Å². The fraction of sp³-hybridized carbons (Fsp3) is 0.596. The third-order valence-corrected chi connectivity index (χ3v) is 17.6. The summed E-state index contributed by atoms with van der Waals surface area (Å²) in [5, 5.41) is 6.40. The summed E-state index contributed by atoms with van der Waals surface area (Å²) < 4.78 is 0. The number of unbranched alkanes of at least 4 members (excludes halogenated alkanes) is 6. The molecule has 1 aliphatic rings. The molecule has 1 aliphatic carbocycles. The van der Waals surface area contributed by atoms with E-state index in [0.717, 1.165) is 0 Å². The molecule has 0 saturated carbocycles. The fourth-order valence-corrected chi connectivity index (χ4v) is 16.1. The van der Waals surface area contributed by atoms with Crippen molar-refractivity contribution in [2.24, 2.45) is 5.92 Å². The maximum Gasteiger partial charge on any atom is 0.114 e. The van der Waals surface area contributed by atoms with Crippen LogP contribution in [0.3, 0.4) is 0 Å². The molecular weight excluding hydrogens is 684 g/mol. The topological polar surface area (TPSA) is 0 Å². The molecule has 0 nitrogen and oxygen atoms in total. The van der Waals surface area contributed by atoms with Gasteiger partial charge in [-0.05, 0) is 72.2 Å². The van der Waals surface area contributed by atoms with Crippen molar-refractivity contribution in [3.8, 4) is 11.1 Å². The number of hydrogen-bond acceptors (Lipinski definition) is 0. The molecule has 0 saturated heterocycles. The Hall–Kier alpha value is -1.37. The molecule has 0 heterocycles. The Balaban J connectivity index is 0.00000650. The molecule has 3 aromatic carbocycles. The molecule has 1 atom stereocenters. The maximum absolute atomic E-state index is 2.84. The van der Waals surface area contributed by atoms with E-state index in [4.69, 9.17) is 0 Å². The zero-order valence-electron chi connectivity index (χ0n) is 34.3. The van der Waals surface area contributed by atoms with E-state index in [1.54, 1.807) is 38.6 Å². The van der Waals surface area contributed by atoms with E-state index < -0.39 is 8.07 Å². The first-order chi connectivity index (χ1) is 22.5. The molecule has 1 unspecified atom stereocenters. The van der Waals surface area contributed by atoms with Crippen LogP contribution in [-0.2, 0) is 37.0 Å². The predicted octanol–water partition coefficient (Wildman–Crippen LogP) is 14.6. The molecule has 0 amide bonds. The molecule has 0 radical (unpaired) electrons. The summed E-state index contributed by atoms with van der Waals surface area (Å²) in [6.07, 6.45) is 10.7. The largest absolute Gasteiger partial charge is 0.145 e. The minimum Gasteiger partial charge on any atom is -0.145 e. The normalized spacial score (nSPS) is 16.0. The first-order valence-corrected chi connectivity index (χ1v) is 22.2. The maximum atomic E-state index is 2.84. The Morgan fingerprint density at radius 3 is 1.73 bits per heavy atom. The molecule has 0 N–H and O–H groups in total. The van der Waals surface area contributed by atoms with Gasteiger partial charge in [-0.1, -0.05) is 184 Å². The Kier molecular flexibility index (Phi) is 14.6. The molecule has 3 aromatic rings. The van der Waals surface area contributed by atoms with E-state index in [9.17, 15) is 0 Å². The van der Waals surface area contributed by atoms with E-state index in [1.807, 2.05) is 5.20 Å². The van der Waals surface area contributed by atoms with Gasteiger partial charge in [0.25, 0.3) is 0 Å². The zero-order chi connectivity index (χ0) is 35.6.